The minimum absolute atomic E-state index is 0.0159. The number of amides is 3. The van der Waals surface area contributed by atoms with Crippen LogP contribution in [0, 0.1) is 11.7 Å². The lowest BCUT2D eigenvalue weighted by Gasteiger charge is -2.39. The average Bonchev–Trinajstić information content (AvgIpc) is 2.79. The number of piperidine rings is 1. The molecule has 2 saturated heterocycles. The fourth-order valence-corrected chi connectivity index (χ4v) is 3.86. The van der Waals surface area contributed by atoms with Crippen molar-refractivity contribution in [2.24, 2.45) is 5.92 Å². The van der Waals surface area contributed by atoms with Gasteiger partial charge in [0.15, 0.2) is 0 Å². The van der Waals surface area contributed by atoms with Gasteiger partial charge in [-0.15, -0.1) is 0 Å². The molecule has 136 valence electrons. The first kappa shape index (κ1) is 17.7. The number of ether oxygens (including phenoxy) is 1. The highest BCUT2D eigenvalue weighted by Crippen LogP contribution is 2.33. The van der Waals surface area contributed by atoms with Crippen molar-refractivity contribution in [3.8, 4) is 5.75 Å². The summed E-state index contributed by atoms with van der Waals surface area (Å²) in [6.07, 6.45) is 1.79. The van der Waals surface area contributed by atoms with Gasteiger partial charge < -0.3 is 10.1 Å². The summed E-state index contributed by atoms with van der Waals surface area (Å²) in [6.45, 7) is 3.87. The zero-order chi connectivity index (χ0) is 18.2. The highest BCUT2D eigenvalue weighted by Gasteiger charge is 2.51. The van der Waals surface area contributed by atoms with Gasteiger partial charge >= 0.3 is 6.03 Å². The Morgan fingerprint density at radius 3 is 2.80 bits per heavy atom. The van der Waals surface area contributed by atoms with Gasteiger partial charge in [-0.05, 0) is 44.5 Å². The van der Waals surface area contributed by atoms with E-state index in [0.29, 0.717) is 18.8 Å². The van der Waals surface area contributed by atoms with Crippen LogP contribution in [0.25, 0.3) is 0 Å². The largest absolute Gasteiger partial charge is 0.496 e. The first-order chi connectivity index (χ1) is 11.8. The lowest BCUT2D eigenvalue weighted by molar-refractivity contribution is -0.132. The second-order valence-electron chi connectivity index (χ2n) is 7.03. The molecule has 25 heavy (non-hydrogen) atoms. The van der Waals surface area contributed by atoms with E-state index in [1.165, 1.54) is 19.2 Å². The Morgan fingerprint density at radius 2 is 2.16 bits per heavy atom. The highest BCUT2D eigenvalue weighted by molar-refractivity contribution is 6.06. The quantitative estimate of drug-likeness (QED) is 0.845. The molecule has 0 bridgehead atoms. The molecule has 6 nitrogen and oxygen atoms in total. The summed E-state index contributed by atoms with van der Waals surface area (Å²) >= 11 is 0. The molecule has 7 heteroatoms. The van der Waals surface area contributed by atoms with Crippen LogP contribution in [-0.2, 0) is 11.3 Å². The summed E-state index contributed by atoms with van der Waals surface area (Å²) in [4.78, 5) is 27.7. The fourth-order valence-electron chi connectivity index (χ4n) is 3.86. The molecule has 0 unspecified atom stereocenters. The highest BCUT2D eigenvalue weighted by atomic mass is 19.1. The van der Waals surface area contributed by atoms with Gasteiger partial charge in [0.2, 0.25) is 0 Å². The lowest BCUT2D eigenvalue weighted by Crippen LogP contribution is -2.55. The Hall–Kier alpha value is -2.15. The minimum atomic E-state index is -0.878. The second-order valence-corrected chi connectivity index (χ2v) is 7.03. The van der Waals surface area contributed by atoms with Gasteiger partial charge in [0.05, 0.1) is 7.11 Å². The Labute approximate surface area is 146 Å². The molecule has 1 aromatic carbocycles. The smallest absolute Gasteiger partial charge is 0.324 e. The summed E-state index contributed by atoms with van der Waals surface area (Å²) in [5.41, 5.74) is -0.0940. The van der Waals surface area contributed by atoms with Crippen molar-refractivity contribution in [1.29, 1.82) is 0 Å². The van der Waals surface area contributed by atoms with Gasteiger partial charge in [0.25, 0.3) is 5.91 Å². The number of halogens is 1. The molecule has 0 saturated carbocycles. The molecule has 2 heterocycles. The molecule has 2 aliphatic heterocycles. The Balaban J connectivity index is 1.75. The standard InChI is InChI=1S/C18H24FN3O3/c1-18(16(23)21(2)17(24)20-18)13-5-4-8-22(11-13)10-12-9-14(19)6-7-15(12)25-3/h6-7,9,13H,4-5,8,10-11H2,1-3H3,(H,20,24)/t13-,18+/m1/s1. The molecule has 3 amide bonds. The second kappa shape index (κ2) is 6.63. The van der Waals surface area contributed by atoms with E-state index in [2.05, 4.69) is 10.2 Å². The summed E-state index contributed by atoms with van der Waals surface area (Å²) in [5.74, 6) is 0.186. The van der Waals surface area contributed by atoms with E-state index in [4.69, 9.17) is 4.74 Å². The number of hydrogen-bond donors (Lipinski definition) is 1. The van der Waals surface area contributed by atoms with Gasteiger partial charge in [0.1, 0.15) is 17.1 Å². The van der Waals surface area contributed by atoms with E-state index in [1.807, 2.05) is 0 Å². The van der Waals surface area contributed by atoms with Gasteiger partial charge in [0, 0.05) is 31.6 Å². The first-order valence-corrected chi connectivity index (χ1v) is 8.50. The van der Waals surface area contributed by atoms with Crippen molar-refractivity contribution in [3.63, 3.8) is 0 Å². The number of carbonyl (C=O) groups excluding carboxylic acids is 2. The molecule has 3 rings (SSSR count). The number of likely N-dealkylation sites (tertiary alicyclic amines) is 1. The van der Waals surface area contributed by atoms with E-state index < -0.39 is 5.54 Å². The van der Waals surface area contributed by atoms with Crippen LogP contribution in [0.15, 0.2) is 18.2 Å². The van der Waals surface area contributed by atoms with Gasteiger partial charge in [-0.25, -0.2) is 9.18 Å². The number of hydrogen-bond acceptors (Lipinski definition) is 4. The van der Waals surface area contributed by atoms with E-state index in [0.717, 1.165) is 29.8 Å². The molecule has 2 aliphatic rings. The van der Waals surface area contributed by atoms with Gasteiger partial charge in [-0.1, -0.05) is 0 Å². The molecule has 2 atom stereocenters. The Kier molecular flexibility index (Phi) is 4.69. The van der Waals surface area contributed by atoms with E-state index >= 15 is 0 Å². The number of urea groups is 1. The molecule has 0 aliphatic carbocycles. The predicted molar refractivity (Wildman–Crippen MR) is 90.7 cm³/mol. The van der Waals surface area contributed by atoms with Crippen molar-refractivity contribution >= 4 is 11.9 Å². The summed E-state index contributed by atoms with van der Waals surface area (Å²) < 4.78 is 18.9. The third-order valence-electron chi connectivity index (χ3n) is 5.38. The van der Waals surface area contributed by atoms with Crippen LogP contribution in [0.1, 0.15) is 25.3 Å². The minimum Gasteiger partial charge on any atom is -0.496 e. The number of methoxy groups -OCH3 is 1. The van der Waals surface area contributed by atoms with E-state index in [9.17, 15) is 14.0 Å². The molecule has 1 N–H and O–H groups in total. The van der Waals surface area contributed by atoms with Crippen LogP contribution in [0.5, 0.6) is 5.75 Å². The lowest BCUT2D eigenvalue weighted by atomic mass is 9.80. The van der Waals surface area contributed by atoms with Crippen LogP contribution in [-0.4, -0.2) is 54.5 Å². The molecular formula is C18H24FN3O3. The molecule has 0 aromatic heterocycles. The zero-order valence-electron chi connectivity index (χ0n) is 14.8. The normalized spacial score (nSPS) is 27.5. The molecular weight excluding hydrogens is 325 g/mol. The van der Waals surface area contributed by atoms with Gasteiger partial charge in [-0.2, -0.15) is 0 Å². The Morgan fingerprint density at radius 1 is 1.40 bits per heavy atom. The molecule has 0 spiro atoms. The summed E-state index contributed by atoms with van der Waals surface area (Å²) in [7, 11) is 3.07. The zero-order valence-corrected chi connectivity index (χ0v) is 14.8. The maximum absolute atomic E-state index is 13.6. The SMILES string of the molecule is COc1ccc(F)cc1CN1CCC[C@@H]([C@]2(C)NC(=O)N(C)C2=O)C1. The Bertz CT molecular complexity index is 696. The molecule has 2 fully saturated rings. The summed E-state index contributed by atoms with van der Waals surface area (Å²) in [6, 6.07) is 4.14. The molecule has 0 radical (unpaired) electrons. The number of rotatable bonds is 4. The number of imide groups is 1. The van der Waals surface area contributed by atoms with Crippen LogP contribution in [0.3, 0.4) is 0 Å². The number of benzene rings is 1. The van der Waals surface area contributed by atoms with Crippen molar-refractivity contribution in [1.82, 2.24) is 15.1 Å². The average molecular weight is 349 g/mol. The fraction of sp³-hybridized carbons (Fsp3) is 0.556. The number of nitrogens with one attached hydrogen (secondary N) is 1. The van der Waals surface area contributed by atoms with Crippen molar-refractivity contribution in [2.45, 2.75) is 31.8 Å². The van der Waals surface area contributed by atoms with Gasteiger partial charge in [-0.3, -0.25) is 14.6 Å². The molecule has 1 aromatic rings. The van der Waals surface area contributed by atoms with Crippen LogP contribution < -0.4 is 10.1 Å². The van der Waals surface area contributed by atoms with Crippen LogP contribution in [0.2, 0.25) is 0 Å². The van der Waals surface area contributed by atoms with E-state index in [1.54, 1.807) is 20.1 Å². The number of likely N-dealkylation sites (N-methyl/N-ethyl adjacent to an activating group) is 1. The topological polar surface area (TPSA) is 61.9 Å². The predicted octanol–water partition coefficient (Wildman–Crippen LogP) is 1.99. The van der Waals surface area contributed by atoms with Crippen molar-refractivity contribution in [2.75, 3.05) is 27.2 Å². The first-order valence-electron chi connectivity index (χ1n) is 8.50. The maximum Gasteiger partial charge on any atom is 0.324 e. The van der Waals surface area contributed by atoms with Crippen LogP contribution in [0.4, 0.5) is 9.18 Å². The number of nitrogens with zero attached hydrogens (tertiary/aromatic N) is 2. The van der Waals surface area contributed by atoms with Crippen molar-refractivity contribution < 1.29 is 18.7 Å². The van der Waals surface area contributed by atoms with E-state index in [-0.39, 0.29) is 23.7 Å². The van der Waals surface area contributed by atoms with Crippen molar-refractivity contribution in [3.05, 3.63) is 29.6 Å². The third kappa shape index (κ3) is 3.20. The number of carbonyl (C=O) groups is 2. The monoisotopic (exact) mass is 349 g/mol. The van der Waals surface area contributed by atoms with Crippen LogP contribution >= 0.6 is 0 Å². The maximum atomic E-state index is 13.6. The third-order valence-corrected chi connectivity index (χ3v) is 5.38. The summed E-state index contributed by atoms with van der Waals surface area (Å²) in [5, 5.41) is 2.84.